The number of halogens is 2. The lowest BCUT2D eigenvalue weighted by Gasteiger charge is -2.11. The summed E-state index contributed by atoms with van der Waals surface area (Å²) >= 11 is 0. The van der Waals surface area contributed by atoms with Crippen LogP contribution in [0.4, 0.5) is 8.78 Å². The Morgan fingerprint density at radius 3 is 2.58 bits per heavy atom. The molecule has 3 nitrogen and oxygen atoms in total. The van der Waals surface area contributed by atoms with E-state index in [9.17, 15) is 13.6 Å². The van der Waals surface area contributed by atoms with Crippen molar-refractivity contribution < 1.29 is 23.4 Å². The Bertz CT molecular complexity index is 148. The van der Waals surface area contributed by atoms with Crippen molar-refractivity contribution in [3.63, 3.8) is 0 Å². The maximum absolute atomic E-state index is 12.3. The largest absolute Gasteiger partial charge is 0.466 e. The number of hydrogen-bond donors (Lipinski definition) is 1. The zero-order valence-corrected chi connectivity index (χ0v) is 6.85. The first-order chi connectivity index (χ1) is 5.52. The summed E-state index contributed by atoms with van der Waals surface area (Å²) in [4.78, 5) is 10.6. The molecule has 0 aromatic carbocycles. The molecule has 0 aromatic heterocycles. The van der Waals surface area contributed by atoms with Gasteiger partial charge in [-0.25, -0.2) is 8.78 Å². The molecule has 0 saturated carbocycles. The van der Waals surface area contributed by atoms with Crippen molar-refractivity contribution in [3.8, 4) is 0 Å². The van der Waals surface area contributed by atoms with E-state index in [4.69, 9.17) is 5.11 Å². The standard InChI is InChI=1S/C7H12F2O3/c1-2-12-6(11)3-4-7(8,9)5-10/h10H,2-5H2,1H3. The zero-order valence-electron chi connectivity index (χ0n) is 6.85. The van der Waals surface area contributed by atoms with Crippen molar-refractivity contribution in [2.24, 2.45) is 0 Å². The Hall–Kier alpha value is -0.710. The Labute approximate surface area is 69.3 Å². The normalized spacial score (nSPS) is 11.3. The second kappa shape index (κ2) is 5.03. The lowest BCUT2D eigenvalue weighted by Crippen LogP contribution is -2.22. The van der Waals surface area contributed by atoms with E-state index in [2.05, 4.69) is 4.74 Å². The van der Waals surface area contributed by atoms with Crippen LogP contribution in [-0.2, 0) is 9.53 Å². The number of carbonyl (C=O) groups excluding carboxylic acids is 1. The van der Waals surface area contributed by atoms with E-state index in [0.717, 1.165) is 0 Å². The Morgan fingerprint density at radius 1 is 1.58 bits per heavy atom. The Morgan fingerprint density at radius 2 is 2.17 bits per heavy atom. The number of esters is 1. The highest BCUT2D eigenvalue weighted by atomic mass is 19.3. The number of aliphatic hydroxyl groups is 1. The number of alkyl halides is 2. The molecule has 0 spiro atoms. The van der Waals surface area contributed by atoms with Gasteiger partial charge in [0, 0.05) is 6.42 Å². The third kappa shape index (κ3) is 5.01. The van der Waals surface area contributed by atoms with Crippen molar-refractivity contribution in [1.29, 1.82) is 0 Å². The van der Waals surface area contributed by atoms with Crippen molar-refractivity contribution in [1.82, 2.24) is 0 Å². The molecule has 0 radical (unpaired) electrons. The summed E-state index contributed by atoms with van der Waals surface area (Å²) in [6, 6.07) is 0. The van der Waals surface area contributed by atoms with Crippen LogP contribution in [0.25, 0.3) is 0 Å². The van der Waals surface area contributed by atoms with E-state index in [1.807, 2.05) is 0 Å². The molecule has 0 aliphatic heterocycles. The fourth-order valence-electron chi connectivity index (χ4n) is 0.597. The van der Waals surface area contributed by atoms with Crippen LogP contribution in [-0.4, -0.2) is 30.2 Å². The van der Waals surface area contributed by atoms with Crippen LogP contribution in [0.5, 0.6) is 0 Å². The van der Waals surface area contributed by atoms with Crippen LogP contribution < -0.4 is 0 Å². The summed E-state index contributed by atoms with van der Waals surface area (Å²) in [6.45, 7) is 0.554. The molecule has 0 aliphatic rings. The molecular weight excluding hydrogens is 170 g/mol. The Balaban J connectivity index is 3.60. The van der Waals surface area contributed by atoms with Gasteiger partial charge in [-0.2, -0.15) is 0 Å². The van der Waals surface area contributed by atoms with E-state index in [1.165, 1.54) is 0 Å². The Kier molecular flexibility index (Phi) is 4.73. The van der Waals surface area contributed by atoms with Gasteiger partial charge in [-0.3, -0.25) is 4.79 Å². The molecule has 0 aromatic rings. The van der Waals surface area contributed by atoms with Gasteiger partial charge in [0.15, 0.2) is 0 Å². The first kappa shape index (κ1) is 11.3. The number of ether oxygens (including phenoxy) is 1. The minimum absolute atomic E-state index is 0.184. The lowest BCUT2D eigenvalue weighted by atomic mass is 10.2. The maximum atomic E-state index is 12.3. The van der Waals surface area contributed by atoms with E-state index >= 15 is 0 Å². The van der Waals surface area contributed by atoms with Crippen LogP contribution in [0, 0.1) is 0 Å². The molecule has 0 saturated heterocycles. The van der Waals surface area contributed by atoms with E-state index < -0.39 is 24.9 Å². The minimum Gasteiger partial charge on any atom is -0.466 e. The predicted octanol–water partition coefficient (Wildman–Crippen LogP) is 0.957. The minimum atomic E-state index is -3.17. The number of carbonyl (C=O) groups is 1. The molecule has 0 bridgehead atoms. The second-order valence-corrected chi connectivity index (χ2v) is 2.32. The summed E-state index contributed by atoms with van der Waals surface area (Å²) in [6.07, 6.45) is -1.02. The molecule has 0 unspecified atom stereocenters. The maximum Gasteiger partial charge on any atom is 0.305 e. The first-order valence-electron chi connectivity index (χ1n) is 3.66. The van der Waals surface area contributed by atoms with Crippen molar-refractivity contribution in [3.05, 3.63) is 0 Å². The van der Waals surface area contributed by atoms with Crippen molar-refractivity contribution >= 4 is 5.97 Å². The fourth-order valence-corrected chi connectivity index (χ4v) is 0.597. The summed E-state index contributed by atoms with van der Waals surface area (Å²) in [7, 11) is 0. The topological polar surface area (TPSA) is 46.5 Å². The van der Waals surface area contributed by atoms with Gasteiger partial charge >= 0.3 is 5.97 Å². The molecule has 0 rings (SSSR count). The lowest BCUT2D eigenvalue weighted by molar-refractivity contribution is -0.146. The molecule has 5 heteroatoms. The smallest absolute Gasteiger partial charge is 0.305 e. The molecule has 0 heterocycles. The molecule has 12 heavy (non-hydrogen) atoms. The summed E-state index contributed by atoms with van der Waals surface area (Å²) in [5, 5.41) is 8.13. The SMILES string of the molecule is CCOC(=O)CCC(F)(F)CO. The second-order valence-electron chi connectivity index (χ2n) is 2.32. The van der Waals surface area contributed by atoms with Gasteiger partial charge in [-0.15, -0.1) is 0 Å². The monoisotopic (exact) mass is 182 g/mol. The van der Waals surface area contributed by atoms with Crippen LogP contribution in [0.1, 0.15) is 19.8 Å². The number of hydrogen-bond acceptors (Lipinski definition) is 3. The highest BCUT2D eigenvalue weighted by Crippen LogP contribution is 2.19. The van der Waals surface area contributed by atoms with Gasteiger partial charge in [-0.1, -0.05) is 0 Å². The molecule has 0 fully saturated rings. The summed E-state index contributed by atoms with van der Waals surface area (Å²) < 4.78 is 29.0. The van der Waals surface area contributed by atoms with Gasteiger partial charge in [0.1, 0.15) is 6.61 Å². The average molecular weight is 182 g/mol. The molecule has 1 N–H and O–H groups in total. The van der Waals surface area contributed by atoms with Gasteiger partial charge in [0.05, 0.1) is 13.0 Å². The highest BCUT2D eigenvalue weighted by molar-refractivity contribution is 5.69. The van der Waals surface area contributed by atoms with Gasteiger partial charge in [0.2, 0.25) is 0 Å². The fraction of sp³-hybridized carbons (Fsp3) is 0.857. The summed E-state index contributed by atoms with van der Waals surface area (Å²) in [5.74, 6) is -3.84. The van der Waals surface area contributed by atoms with Crippen molar-refractivity contribution in [2.45, 2.75) is 25.7 Å². The number of rotatable bonds is 5. The first-order valence-corrected chi connectivity index (χ1v) is 3.66. The van der Waals surface area contributed by atoms with Crippen LogP contribution in [0.15, 0.2) is 0 Å². The molecular formula is C7H12F2O3. The third-order valence-corrected chi connectivity index (χ3v) is 1.23. The van der Waals surface area contributed by atoms with Crippen LogP contribution in [0.3, 0.4) is 0 Å². The number of aliphatic hydroxyl groups excluding tert-OH is 1. The third-order valence-electron chi connectivity index (χ3n) is 1.23. The predicted molar refractivity (Wildman–Crippen MR) is 37.9 cm³/mol. The van der Waals surface area contributed by atoms with Crippen LogP contribution in [0.2, 0.25) is 0 Å². The van der Waals surface area contributed by atoms with Gasteiger partial charge in [-0.05, 0) is 6.92 Å². The molecule has 0 aliphatic carbocycles. The average Bonchev–Trinajstić information content (AvgIpc) is 2.02. The van der Waals surface area contributed by atoms with Crippen molar-refractivity contribution in [2.75, 3.05) is 13.2 Å². The van der Waals surface area contributed by atoms with E-state index in [-0.39, 0.29) is 13.0 Å². The molecule has 72 valence electrons. The highest BCUT2D eigenvalue weighted by Gasteiger charge is 2.28. The molecule has 0 amide bonds. The van der Waals surface area contributed by atoms with Crippen LogP contribution >= 0.6 is 0 Å². The van der Waals surface area contributed by atoms with E-state index in [1.54, 1.807) is 6.92 Å². The molecule has 0 atom stereocenters. The summed E-state index contributed by atoms with van der Waals surface area (Å²) in [5.41, 5.74) is 0. The van der Waals surface area contributed by atoms with E-state index in [0.29, 0.717) is 0 Å². The van der Waals surface area contributed by atoms with Gasteiger partial charge in [0.25, 0.3) is 5.92 Å². The zero-order chi connectivity index (χ0) is 9.61. The van der Waals surface area contributed by atoms with Gasteiger partial charge < -0.3 is 9.84 Å². The quantitative estimate of drug-likeness (QED) is 0.644.